The number of carbonyl (C=O) groups excluding carboxylic acids is 1. The molecule has 2 aromatic carbocycles. The van der Waals surface area contributed by atoms with Crippen molar-refractivity contribution in [1.29, 1.82) is 0 Å². The molecule has 3 aliphatic rings. The second-order valence-corrected chi connectivity index (χ2v) is 13.4. The zero-order chi connectivity index (χ0) is 32.3. The van der Waals surface area contributed by atoms with Gasteiger partial charge in [0.1, 0.15) is 24.0 Å². The van der Waals surface area contributed by atoms with Crippen molar-refractivity contribution in [3.63, 3.8) is 0 Å². The lowest BCUT2D eigenvalue weighted by atomic mass is 9.93. The second kappa shape index (κ2) is 12.1. The summed E-state index contributed by atoms with van der Waals surface area (Å²) < 4.78 is 29.2. The SMILES string of the molecule is C=CC(=O)N1C[C@H](C)N(c2nc(OC[C@@H]3CN(C)CCO3)nc3c(F)c(-c4c(C)ccc5[nH]nc(C6CC6)c45)c(Cl)cc23)C[C@H]1C. The van der Waals surface area contributed by atoms with Gasteiger partial charge in [0.2, 0.25) is 5.91 Å². The largest absolute Gasteiger partial charge is 0.461 e. The van der Waals surface area contributed by atoms with E-state index in [2.05, 4.69) is 31.6 Å². The standard InChI is InChI=1S/C34H39ClFN7O3/c1-6-26(44)42-14-20(4)43(15-19(42)3)33-23-13-24(35)28(27-18(2)7-10-25-29(27)31(40-39-25)21-8-9-21)30(36)32(23)37-34(38-33)46-17-22-16-41(5)11-12-45-22/h6-7,10,13,19-22H,1,8-9,11-12,14-17H2,2-5H3,(H,39,40)/t19-,20+,22+/m1/s1. The van der Waals surface area contributed by atoms with Gasteiger partial charge >= 0.3 is 6.01 Å². The Hall–Kier alpha value is -3.80. The molecule has 3 atom stereocenters. The maximum atomic E-state index is 17.2. The van der Waals surface area contributed by atoms with Crippen molar-refractivity contribution >= 4 is 45.1 Å². The van der Waals surface area contributed by atoms with Crippen LogP contribution in [0.3, 0.4) is 0 Å². The molecule has 12 heteroatoms. The molecule has 3 fully saturated rings. The first-order chi connectivity index (χ1) is 22.1. The Morgan fingerprint density at radius 1 is 1.20 bits per heavy atom. The molecule has 1 amide bonds. The van der Waals surface area contributed by atoms with E-state index in [1.54, 1.807) is 11.0 Å². The van der Waals surface area contributed by atoms with Crippen molar-refractivity contribution in [3.8, 4) is 17.1 Å². The number of halogens is 2. The first-order valence-electron chi connectivity index (χ1n) is 15.9. The molecular weight excluding hydrogens is 609 g/mol. The van der Waals surface area contributed by atoms with Gasteiger partial charge in [-0.25, -0.2) is 4.39 Å². The van der Waals surface area contributed by atoms with Gasteiger partial charge in [0.15, 0.2) is 5.82 Å². The quantitative estimate of drug-likeness (QED) is 0.264. The fourth-order valence-corrected chi connectivity index (χ4v) is 7.16. The number of aromatic nitrogens is 4. The maximum Gasteiger partial charge on any atom is 0.319 e. The number of rotatable bonds is 7. The van der Waals surface area contributed by atoms with Gasteiger partial charge in [0, 0.05) is 66.1 Å². The van der Waals surface area contributed by atoms with E-state index in [1.165, 1.54) is 6.08 Å². The van der Waals surface area contributed by atoms with Gasteiger partial charge in [0.05, 0.1) is 22.8 Å². The van der Waals surface area contributed by atoms with Gasteiger partial charge in [-0.15, -0.1) is 0 Å². The third-order valence-corrected chi connectivity index (χ3v) is 9.78. The predicted molar refractivity (Wildman–Crippen MR) is 177 cm³/mol. The summed E-state index contributed by atoms with van der Waals surface area (Å²) in [4.78, 5) is 28.2. The van der Waals surface area contributed by atoms with Crippen LogP contribution in [0.4, 0.5) is 10.2 Å². The van der Waals surface area contributed by atoms with Crippen LogP contribution in [-0.4, -0.2) is 101 Å². The average Bonchev–Trinajstić information content (AvgIpc) is 3.80. The fourth-order valence-electron chi connectivity index (χ4n) is 6.87. The average molecular weight is 648 g/mol. The Morgan fingerprint density at radius 3 is 2.74 bits per heavy atom. The highest BCUT2D eigenvalue weighted by Crippen LogP contribution is 2.48. The number of nitrogens with one attached hydrogen (secondary N) is 1. The Kier molecular flexibility index (Phi) is 8.11. The number of carbonyl (C=O) groups is 1. The number of piperazine rings is 1. The molecule has 0 bridgehead atoms. The number of morpholine rings is 1. The van der Waals surface area contributed by atoms with E-state index < -0.39 is 5.82 Å². The predicted octanol–water partition coefficient (Wildman–Crippen LogP) is 5.47. The molecule has 4 heterocycles. The number of aryl methyl sites for hydroxylation is 1. The number of hydrogen-bond donors (Lipinski definition) is 1. The summed E-state index contributed by atoms with van der Waals surface area (Å²) in [5.41, 5.74) is 3.82. The van der Waals surface area contributed by atoms with Crippen LogP contribution < -0.4 is 9.64 Å². The lowest BCUT2D eigenvalue weighted by molar-refractivity contribution is -0.128. The molecule has 1 aliphatic carbocycles. The highest BCUT2D eigenvalue weighted by molar-refractivity contribution is 6.35. The molecule has 242 valence electrons. The smallest absolute Gasteiger partial charge is 0.319 e. The van der Waals surface area contributed by atoms with Gasteiger partial charge in [-0.2, -0.15) is 15.1 Å². The second-order valence-electron chi connectivity index (χ2n) is 12.9. The minimum Gasteiger partial charge on any atom is -0.461 e. The maximum absolute atomic E-state index is 17.2. The van der Waals surface area contributed by atoms with Crippen LogP contribution in [0.5, 0.6) is 6.01 Å². The lowest BCUT2D eigenvalue weighted by Crippen LogP contribution is -2.58. The molecule has 7 rings (SSSR count). The summed E-state index contributed by atoms with van der Waals surface area (Å²) in [6.07, 6.45) is 3.29. The van der Waals surface area contributed by atoms with Crippen LogP contribution in [0.15, 0.2) is 30.9 Å². The van der Waals surface area contributed by atoms with Crippen LogP contribution in [0, 0.1) is 12.7 Å². The number of ether oxygens (including phenoxy) is 2. The fraction of sp³-hybridized carbons (Fsp3) is 0.471. The number of fused-ring (bicyclic) bond motifs is 2. The normalized spacial score (nSPS) is 22.5. The van der Waals surface area contributed by atoms with Gasteiger partial charge in [0.25, 0.3) is 0 Å². The number of likely N-dealkylation sites (N-methyl/N-ethyl adjacent to an activating group) is 1. The van der Waals surface area contributed by atoms with E-state index in [-0.39, 0.29) is 52.8 Å². The number of amides is 1. The first kappa shape index (κ1) is 30.8. The number of anilines is 1. The zero-order valence-corrected chi connectivity index (χ0v) is 27.4. The van der Waals surface area contributed by atoms with E-state index in [0.29, 0.717) is 43.4 Å². The van der Waals surface area contributed by atoms with Crippen molar-refractivity contribution in [2.75, 3.05) is 51.3 Å². The van der Waals surface area contributed by atoms with Gasteiger partial charge in [-0.1, -0.05) is 24.2 Å². The highest BCUT2D eigenvalue weighted by atomic mass is 35.5. The van der Waals surface area contributed by atoms with Crippen LogP contribution in [0.25, 0.3) is 32.9 Å². The van der Waals surface area contributed by atoms with Crippen LogP contribution in [-0.2, 0) is 9.53 Å². The third kappa shape index (κ3) is 5.48. The van der Waals surface area contributed by atoms with Crippen molar-refractivity contribution in [1.82, 2.24) is 30.0 Å². The Bertz CT molecular complexity index is 1840. The summed E-state index contributed by atoms with van der Waals surface area (Å²) in [5, 5.41) is 9.41. The molecule has 4 aromatic rings. The summed E-state index contributed by atoms with van der Waals surface area (Å²) in [6, 6.07) is 5.50. The van der Waals surface area contributed by atoms with Crippen molar-refractivity contribution in [3.05, 3.63) is 53.0 Å². The van der Waals surface area contributed by atoms with Crippen LogP contribution in [0.1, 0.15) is 43.9 Å². The minimum absolute atomic E-state index is 0.0628. The van der Waals surface area contributed by atoms with E-state index >= 15 is 4.39 Å². The molecule has 0 radical (unpaired) electrons. The Morgan fingerprint density at radius 2 is 2.00 bits per heavy atom. The lowest BCUT2D eigenvalue weighted by Gasteiger charge is -2.44. The van der Waals surface area contributed by atoms with E-state index in [1.807, 2.05) is 40.0 Å². The molecular formula is C34H39ClFN7O3. The van der Waals surface area contributed by atoms with E-state index in [0.717, 1.165) is 47.1 Å². The molecule has 0 unspecified atom stereocenters. The van der Waals surface area contributed by atoms with Gasteiger partial charge in [-0.3, -0.25) is 9.89 Å². The Balaban J connectivity index is 1.37. The summed E-state index contributed by atoms with van der Waals surface area (Å²) in [6.45, 7) is 12.9. The van der Waals surface area contributed by atoms with Crippen LogP contribution in [0.2, 0.25) is 5.02 Å². The van der Waals surface area contributed by atoms with Gasteiger partial charge in [-0.05, 0) is 64.4 Å². The van der Waals surface area contributed by atoms with E-state index in [4.69, 9.17) is 26.1 Å². The molecule has 1 saturated carbocycles. The summed E-state index contributed by atoms with van der Waals surface area (Å²) in [7, 11) is 2.04. The molecule has 46 heavy (non-hydrogen) atoms. The summed E-state index contributed by atoms with van der Waals surface area (Å²) >= 11 is 7.04. The Labute approximate surface area is 272 Å². The zero-order valence-electron chi connectivity index (χ0n) is 26.6. The van der Waals surface area contributed by atoms with Crippen molar-refractivity contribution < 1.29 is 18.7 Å². The molecule has 10 nitrogen and oxygen atoms in total. The van der Waals surface area contributed by atoms with Gasteiger partial charge < -0.3 is 24.2 Å². The topological polar surface area (TPSA) is 99.7 Å². The summed E-state index contributed by atoms with van der Waals surface area (Å²) in [5.74, 6) is 0.197. The highest BCUT2D eigenvalue weighted by Gasteiger charge is 2.35. The molecule has 2 saturated heterocycles. The molecule has 0 spiro atoms. The van der Waals surface area contributed by atoms with Crippen molar-refractivity contribution in [2.24, 2.45) is 0 Å². The molecule has 2 aliphatic heterocycles. The number of nitrogens with zero attached hydrogens (tertiary/aromatic N) is 6. The number of hydrogen-bond acceptors (Lipinski definition) is 8. The number of benzene rings is 2. The monoisotopic (exact) mass is 647 g/mol. The number of aromatic amines is 1. The molecule has 2 aromatic heterocycles. The number of H-pyrrole nitrogens is 1. The first-order valence-corrected chi connectivity index (χ1v) is 16.3. The van der Waals surface area contributed by atoms with E-state index in [9.17, 15) is 4.79 Å². The van der Waals surface area contributed by atoms with Crippen molar-refractivity contribution in [2.45, 2.75) is 57.7 Å². The van der Waals surface area contributed by atoms with Crippen LogP contribution >= 0.6 is 11.6 Å². The molecule has 1 N–H and O–H groups in total. The third-order valence-electron chi connectivity index (χ3n) is 9.48. The minimum atomic E-state index is -0.538.